The molecule has 4 heteroatoms. The van der Waals surface area contributed by atoms with Crippen LogP contribution in [0.2, 0.25) is 0 Å². The van der Waals surface area contributed by atoms with Gasteiger partial charge in [0.15, 0.2) is 0 Å². The largest absolute Gasteiger partial charge is 0.350 e. The second-order valence-corrected chi connectivity index (χ2v) is 4.02. The molecule has 0 radical (unpaired) electrons. The van der Waals surface area contributed by atoms with Crippen molar-refractivity contribution >= 4 is 5.91 Å². The molecule has 0 atom stereocenters. The second-order valence-electron chi connectivity index (χ2n) is 4.02. The third-order valence-corrected chi connectivity index (χ3v) is 2.74. The van der Waals surface area contributed by atoms with Gasteiger partial charge in [0.05, 0.1) is 6.20 Å². The average molecular weight is 241 g/mol. The summed E-state index contributed by atoms with van der Waals surface area (Å²) in [7, 11) is 0. The summed E-state index contributed by atoms with van der Waals surface area (Å²) in [5.41, 5.74) is 2.84. The molecule has 0 aliphatic rings. The van der Waals surface area contributed by atoms with E-state index in [9.17, 15) is 4.79 Å². The van der Waals surface area contributed by atoms with Crippen LogP contribution in [0.25, 0.3) is 0 Å². The molecule has 1 amide bonds. The first-order chi connectivity index (χ1) is 8.77. The lowest BCUT2D eigenvalue weighted by molar-refractivity contribution is 0.0948. The van der Waals surface area contributed by atoms with Gasteiger partial charge in [0, 0.05) is 18.9 Å². The molecule has 0 saturated heterocycles. The van der Waals surface area contributed by atoms with Crippen molar-refractivity contribution in [3.8, 4) is 0 Å². The fourth-order valence-corrected chi connectivity index (χ4v) is 1.71. The van der Waals surface area contributed by atoms with E-state index in [2.05, 4.69) is 34.3 Å². The number of benzene rings is 1. The quantitative estimate of drug-likeness (QED) is 0.887. The van der Waals surface area contributed by atoms with Crippen LogP contribution in [-0.4, -0.2) is 22.4 Å². The van der Waals surface area contributed by atoms with E-state index in [0.29, 0.717) is 12.2 Å². The summed E-state index contributed by atoms with van der Waals surface area (Å²) in [6, 6.07) is 8.16. The Morgan fingerprint density at radius 2 is 2.11 bits per heavy atom. The molecule has 0 unspecified atom stereocenters. The monoisotopic (exact) mass is 241 g/mol. The normalized spacial score (nSPS) is 10.1. The molecule has 18 heavy (non-hydrogen) atoms. The zero-order valence-corrected chi connectivity index (χ0v) is 10.3. The third kappa shape index (κ3) is 3.13. The SMILES string of the molecule is Cc1ccccc1CCNC(=O)c1cnccn1. The van der Waals surface area contributed by atoms with Crippen LogP contribution in [0.5, 0.6) is 0 Å². The van der Waals surface area contributed by atoms with E-state index < -0.39 is 0 Å². The van der Waals surface area contributed by atoms with Gasteiger partial charge in [0.1, 0.15) is 5.69 Å². The van der Waals surface area contributed by atoms with Gasteiger partial charge in [-0.1, -0.05) is 24.3 Å². The minimum atomic E-state index is -0.184. The van der Waals surface area contributed by atoms with Gasteiger partial charge in [0.25, 0.3) is 5.91 Å². The maximum atomic E-state index is 11.7. The van der Waals surface area contributed by atoms with Crippen molar-refractivity contribution in [1.29, 1.82) is 0 Å². The molecule has 2 aromatic rings. The second kappa shape index (κ2) is 5.91. The Hall–Kier alpha value is -2.23. The van der Waals surface area contributed by atoms with Crippen LogP contribution in [-0.2, 0) is 6.42 Å². The molecule has 0 fully saturated rings. The number of hydrogen-bond acceptors (Lipinski definition) is 3. The molecule has 0 spiro atoms. The van der Waals surface area contributed by atoms with Crippen LogP contribution in [0, 0.1) is 6.92 Å². The first-order valence-corrected chi connectivity index (χ1v) is 5.86. The number of aryl methyl sites for hydroxylation is 1. The lowest BCUT2D eigenvalue weighted by Gasteiger charge is -2.06. The highest BCUT2D eigenvalue weighted by molar-refractivity contribution is 5.91. The first-order valence-electron chi connectivity index (χ1n) is 5.86. The number of nitrogens with one attached hydrogen (secondary N) is 1. The maximum Gasteiger partial charge on any atom is 0.271 e. The maximum absolute atomic E-state index is 11.7. The number of carbonyl (C=O) groups is 1. The summed E-state index contributed by atoms with van der Waals surface area (Å²) in [5.74, 6) is -0.184. The molecule has 0 bridgehead atoms. The Kier molecular flexibility index (Phi) is 4.02. The Labute approximate surface area is 106 Å². The van der Waals surface area contributed by atoms with Gasteiger partial charge in [-0.3, -0.25) is 9.78 Å². The molecule has 1 heterocycles. The fraction of sp³-hybridized carbons (Fsp3) is 0.214. The molecule has 2 rings (SSSR count). The van der Waals surface area contributed by atoms with Crippen molar-refractivity contribution in [2.45, 2.75) is 13.3 Å². The molecular weight excluding hydrogens is 226 g/mol. The van der Waals surface area contributed by atoms with E-state index in [1.54, 1.807) is 6.20 Å². The van der Waals surface area contributed by atoms with Crippen molar-refractivity contribution < 1.29 is 4.79 Å². The van der Waals surface area contributed by atoms with E-state index in [1.807, 2.05) is 12.1 Å². The summed E-state index contributed by atoms with van der Waals surface area (Å²) in [6.07, 6.45) is 5.34. The highest BCUT2D eigenvalue weighted by Crippen LogP contribution is 2.06. The predicted octanol–water partition coefficient (Wildman–Crippen LogP) is 1.76. The van der Waals surface area contributed by atoms with Gasteiger partial charge in [-0.25, -0.2) is 4.98 Å². The summed E-state index contributed by atoms with van der Waals surface area (Å²) in [6.45, 7) is 2.67. The van der Waals surface area contributed by atoms with Gasteiger partial charge < -0.3 is 5.32 Å². The summed E-state index contributed by atoms with van der Waals surface area (Å²) in [4.78, 5) is 19.5. The van der Waals surface area contributed by atoms with Crippen molar-refractivity contribution in [3.63, 3.8) is 0 Å². The number of carbonyl (C=O) groups excluding carboxylic acids is 1. The van der Waals surface area contributed by atoms with Gasteiger partial charge in [0.2, 0.25) is 0 Å². The molecule has 0 saturated carbocycles. The van der Waals surface area contributed by atoms with Crippen molar-refractivity contribution in [2.24, 2.45) is 0 Å². The standard InChI is InChI=1S/C14H15N3O/c1-11-4-2-3-5-12(11)6-7-17-14(18)13-10-15-8-9-16-13/h2-5,8-10H,6-7H2,1H3,(H,17,18). The van der Waals surface area contributed by atoms with E-state index in [0.717, 1.165) is 6.42 Å². The third-order valence-electron chi connectivity index (χ3n) is 2.74. The average Bonchev–Trinajstić information content (AvgIpc) is 2.42. The highest BCUT2D eigenvalue weighted by atomic mass is 16.1. The molecule has 92 valence electrons. The molecule has 0 aliphatic carbocycles. The van der Waals surface area contributed by atoms with Crippen LogP contribution < -0.4 is 5.32 Å². The lowest BCUT2D eigenvalue weighted by atomic mass is 10.1. The van der Waals surface area contributed by atoms with E-state index in [1.165, 1.54) is 23.5 Å². The molecular formula is C14H15N3O. The predicted molar refractivity (Wildman–Crippen MR) is 69.2 cm³/mol. The molecule has 0 aliphatic heterocycles. The Bertz CT molecular complexity index is 526. The van der Waals surface area contributed by atoms with Crippen LogP contribution in [0.15, 0.2) is 42.9 Å². The number of nitrogens with zero attached hydrogens (tertiary/aromatic N) is 2. The zero-order valence-electron chi connectivity index (χ0n) is 10.3. The lowest BCUT2D eigenvalue weighted by Crippen LogP contribution is -2.26. The van der Waals surface area contributed by atoms with E-state index in [4.69, 9.17) is 0 Å². The van der Waals surface area contributed by atoms with Crippen molar-refractivity contribution in [2.75, 3.05) is 6.54 Å². The van der Waals surface area contributed by atoms with E-state index >= 15 is 0 Å². The highest BCUT2D eigenvalue weighted by Gasteiger charge is 2.05. The van der Waals surface area contributed by atoms with Gasteiger partial charge in [-0.05, 0) is 24.5 Å². The minimum absolute atomic E-state index is 0.184. The van der Waals surface area contributed by atoms with Crippen molar-refractivity contribution in [3.05, 3.63) is 59.7 Å². The van der Waals surface area contributed by atoms with Gasteiger partial charge >= 0.3 is 0 Å². The molecule has 1 aromatic carbocycles. The molecule has 4 nitrogen and oxygen atoms in total. The smallest absolute Gasteiger partial charge is 0.271 e. The zero-order chi connectivity index (χ0) is 12.8. The minimum Gasteiger partial charge on any atom is -0.350 e. The molecule has 1 N–H and O–H groups in total. The summed E-state index contributed by atoms with van der Waals surface area (Å²) >= 11 is 0. The van der Waals surface area contributed by atoms with Crippen LogP contribution in [0.4, 0.5) is 0 Å². The fourth-order valence-electron chi connectivity index (χ4n) is 1.71. The van der Waals surface area contributed by atoms with Gasteiger partial charge in [-0.2, -0.15) is 0 Å². The van der Waals surface area contributed by atoms with Gasteiger partial charge in [-0.15, -0.1) is 0 Å². The number of hydrogen-bond donors (Lipinski definition) is 1. The van der Waals surface area contributed by atoms with E-state index in [-0.39, 0.29) is 5.91 Å². The topological polar surface area (TPSA) is 54.9 Å². The summed E-state index contributed by atoms with van der Waals surface area (Å²) < 4.78 is 0. The van der Waals surface area contributed by atoms with Crippen LogP contribution in [0.3, 0.4) is 0 Å². The number of rotatable bonds is 4. The Morgan fingerprint density at radius 3 is 2.83 bits per heavy atom. The van der Waals surface area contributed by atoms with Crippen molar-refractivity contribution in [1.82, 2.24) is 15.3 Å². The Balaban J connectivity index is 1.86. The Morgan fingerprint density at radius 1 is 1.28 bits per heavy atom. The van der Waals surface area contributed by atoms with Crippen LogP contribution in [0.1, 0.15) is 21.6 Å². The number of aromatic nitrogens is 2. The summed E-state index contributed by atoms with van der Waals surface area (Å²) in [5, 5.41) is 2.83. The number of amides is 1. The molecule has 1 aromatic heterocycles. The first kappa shape index (κ1) is 12.2. The van der Waals surface area contributed by atoms with Crippen LogP contribution >= 0.6 is 0 Å².